The summed E-state index contributed by atoms with van der Waals surface area (Å²) in [6.07, 6.45) is 3.37. The van der Waals surface area contributed by atoms with E-state index in [4.69, 9.17) is 11.6 Å². The van der Waals surface area contributed by atoms with Gasteiger partial charge in [0.15, 0.2) is 0 Å². The summed E-state index contributed by atoms with van der Waals surface area (Å²) in [6, 6.07) is 10.8. The molecule has 3 heterocycles. The van der Waals surface area contributed by atoms with Crippen LogP contribution in [0.5, 0.6) is 0 Å². The van der Waals surface area contributed by atoms with Gasteiger partial charge in [-0.2, -0.15) is 0 Å². The number of hydrogen-bond donors (Lipinski definition) is 0. The third-order valence-corrected chi connectivity index (χ3v) is 4.80. The molecule has 0 spiro atoms. The molecule has 1 saturated heterocycles. The number of rotatable bonds is 3. The molecule has 4 rings (SSSR count). The maximum atomic E-state index is 11.2. The molecule has 0 amide bonds. The Labute approximate surface area is 155 Å². The number of halogens is 1. The fraction of sp³-hybridized carbons (Fsp3) is 0.222. The topological polar surface area (TPSA) is 75.4 Å². The van der Waals surface area contributed by atoms with E-state index in [1.54, 1.807) is 18.5 Å². The molecule has 0 bridgehead atoms. The molecule has 1 aliphatic rings. The minimum atomic E-state index is -0.380. The van der Waals surface area contributed by atoms with Crippen molar-refractivity contribution < 1.29 is 4.92 Å². The number of aromatic nitrogens is 2. The van der Waals surface area contributed by atoms with Gasteiger partial charge in [-0.25, -0.2) is 4.98 Å². The third-order valence-electron chi connectivity index (χ3n) is 4.56. The van der Waals surface area contributed by atoms with Crippen molar-refractivity contribution in [2.75, 3.05) is 36.0 Å². The third kappa shape index (κ3) is 3.01. The van der Waals surface area contributed by atoms with E-state index in [1.165, 1.54) is 6.07 Å². The molecule has 7 nitrogen and oxygen atoms in total. The van der Waals surface area contributed by atoms with Crippen molar-refractivity contribution in [3.05, 3.63) is 63.9 Å². The van der Waals surface area contributed by atoms with Gasteiger partial charge in [0.25, 0.3) is 0 Å². The highest BCUT2D eigenvalue weighted by molar-refractivity contribution is 6.31. The average molecular weight is 370 g/mol. The second-order valence-corrected chi connectivity index (χ2v) is 6.51. The van der Waals surface area contributed by atoms with Gasteiger partial charge < -0.3 is 9.80 Å². The van der Waals surface area contributed by atoms with Crippen molar-refractivity contribution >= 4 is 39.7 Å². The van der Waals surface area contributed by atoms with Crippen LogP contribution in [-0.4, -0.2) is 41.1 Å². The number of hydrogen-bond acceptors (Lipinski definition) is 6. The Kier molecular flexibility index (Phi) is 4.30. The number of anilines is 2. The van der Waals surface area contributed by atoms with E-state index in [2.05, 4.69) is 14.9 Å². The summed E-state index contributed by atoms with van der Waals surface area (Å²) in [5.74, 6) is 0.434. The highest BCUT2D eigenvalue weighted by atomic mass is 35.5. The summed E-state index contributed by atoms with van der Waals surface area (Å²) in [5, 5.41) is 12.9. The number of benzene rings is 1. The summed E-state index contributed by atoms with van der Waals surface area (Å²) >= 11 is 6.06. The molecule has 0 unspecified atom stereocenters. The Bertz CT molecular complexity index is 973. The van der Waals surface area contributed by atoms with E-state index in [-0.39, 0.29) is 10.6 Å². The highest BCUT2D eigenvalue weighted by Gasteiger charge is 2.25. The van der Waals surface area contributed by atoms with Gasteiger partial charge in [0.05, 0.1) is 10.4 Å². The quantitative estimate of drug-likeness (QED) is 0.519. The van der Waals surface area contributed by atoms with Gasteiger partial charge in [0, 0.05) is 60.7 Å². The zero-order valence-corrected chi connectivity index (χ0v) is 14.6. The molecule has 3 aromatic rings. The normalized spacial score (nSPS) is 14.7. The van der Waals surface area contributed by atoms with Crippen LogP contribution in [0.15, 0.2) is 48.8 Å². The Morgan fingerprint density at radius 1 is 1.00 bits per heavy atom. The van der Waals surface area contributed by atoms with Crippen molar-refractivity contribution in [1.82, 2.24) is 9.97 Å². The minimum Gasteiger partial charge on any atom is -0.367 e. The molecule has 8 heteroatoms. The predicted molar refractivity (Wildman–Crippen MR) is 102 cm³/mol. The summed E-state index contributed by atoms with van der Waals surface area (Å²) in [6.45, 7) is 2.81. The van der Waals surface area contributed by atoms with Crippen LogP contribution in [0.4, 0.5) is 17.2 Å². The Morgan fingerprint density at radius 2 is 1.77 bits per heavy atom. The Hall–Kier alpha value is -2.93. The van der Waals surface area contributed by atoms with Crippen LogP contribution in [0.25, 0.3) is 10.9 Å². The average Bonchev–Trinajstić information content (AvgIpc) is 2.67. The highest BCUT2D eigenvalue weighted by Crippen LogP contribution is 2.30. The molecule has 132 valence electrons. The number of fused-ring (bicyclic) bond motifs is 1. The van der Waals surface area contributed by atoms with Crippen molar-refractivity contribution in [2.24, 2.45) is 0 Å². The second-order valence-electron chi connectivity index (χ2n) is 6.07. The van der Waals surface area contributed by atoms with Crippen LogP contribution >= 0.6 is 11.6 Å². The maximum Gasteiger partial charge on any atom is 0.311 e. The van der Waals surface area contributed by atoms with Gasteiger partial charge in [-0.15, -0.1) is 0 Å². The van der Waals surface area contributed by atoms with Crippen LogP contribution in [0.2, 0.25) is 5.02 Å². The number of nitro groups is 1. The largest absolute Gasteiger partial charge is 0.367 e. The Balaban J connectivity index is 1.57. The monoisotopic (exact) mass is 369 g/mol. The van der Waals surface area contributed by atoms with Gasteiger partial charge >= 0.3 is 5.69 Å². The van der Waals surface area contributed by atoms with Gasteiger partial charge in [0.2, 0.25) is 5.82 Å². The number of piperazine rings is 1. The fourth-order valence-electron chi connectivity index (χ4n) is 3.32. The first-order valence-electron chi connectivity index (χ1n) is 8.27. The summed E-state index contributed by atoms with van der Waals surface area (Å²) in [4.78, 5) is 23.7. The van der Waals surface area contributed by atoms with E-state index >= 15 is 0 Å². The van der Waals surface area contributed by atoms with Crippen LogP contribution in [0.3, 0.4) is 0 Å². The van der Waals surface area contributed by atoms with Crippen LogP contribution in [-0.2, 0) is 0 Å². The van der Waals surface area contributed by atoms with E-state index in [0.717, 1.165) is 29.7 Å². The van der Waals surface area contributed by atoms with Gasteiger partial charge in [0.1, 0.15) is 0 Å². The fourth-order valence-corrected chi connectivity index (χ4v) is 3.48. The zero-order valence-electron chi connectivity index (χ0n) is 13.9. The van der Waals surface area contributed by atoms with Crippen LogP contribution < -0.4 is 9.80 Å². The van der Waals surface area contributed by atoms with Crippen molar-refractivity contribution in [1.29, 1.82) is 0 Å². The Morgan fingerprint density at radius 3 is 2.54 bits per heavy atom. The van der Waals surface area contributed by atoms with Crippen molar-refractivity contribution in [3.63, 3.8) is 0 Å². The zero-order chi connectivity index (χ0) is 18.1. The van der Waals surface area contributed by atoms with Gasteiger partial charge in [-0.1, -0.05) is 11.6 Å². The SMILES string of the molecule is O=[N+]([O-])c1cccnc1N1CCN(c2ccnc3cc(Cl)ccc23)CC1. The van der Waals surface area contributed by atoms with E-state index in [1.807, 2.05) is 29.2 Å². The lowest BCUT2D eigenvalue weighted by atomic mass is 10.1. The van der Waals surface area contributed by atoms with Crippen molar-refractivity contribution in [3.8, 4) is 0 Å². The van der Waals surface area contributed by atoms with Crippen LogP contribution in [0, 0.1) is 10.1 Å². The van der Waals surface area contributed by atoms with E-state index < -0.39 is 0 Å². The molecule has 0 aliphatic carbocycles. The number of pyridine rings is 2. The van der Waals surface area contributed by atoms with E-state index in [0.29, 0.717) is 23.9 Å². The first kappa shape index (κ1) is 16.5. The standard InChI is InChI=1S/C18H16ClN5O2/c19-13-3-4-14-15(12-13)20-7-5-16(14)22-8-10-23(11-9-22)18-17(24(25)26)2-1-6-21-18/h1-7,12H,8-11H2. The molecule has 1 aromatic carbocycles. The molecule has 26 heavy (non-hydrogen) atoms. The first-order valence-corrected chi connectivity index (χ1v) is 8.65. The minimum absolute atomic E-state index is 0.0463. The van der Waals surface area contributed by atoms with Crippen molar-refractivity contribution in [2.45, 2.75) is 0 Å². The lowest BCUT2D eigenvalue weighted by molar-refractivity contribution is -0.384. The number of nitrogens with zero attached hydrogens (tertiary/aromatic N) is 5. The molecule has 0 saturated carbocycles. The lowest BCUT2D eigenvalue weighted by Crippen LogP contribution is -2.47. The summed E-state index contributed by atoms with van der Waals surface area (Å²) < 4.78 is 0. The lowest BCUT2D eigenvalue weighted by Gasteiger charge is -2.36. The molecule has 2 aromatic heterocycles. The maximum absolute atomic E-state index is 11.2. The molecular weight excluding hydrogens is 354 g/mol. The smallest absolute Gasteiger partial charge is 0.311 e. The van der Waals surface area contributed by atoms with Gasteiger partial charge in [-0.3, -0.25) is 15.1 Å². The predicted octanol–water partition coefficient (Wildman–Crippen LogP) is 3.52. The molecule has 0 N–H and O–H groups in total. The molecule has 1 fully saturated rings. The van der Waals surface area contributed by atoms with Gasteiger partial charge in [-0.05, 0) is 30.3 Å². The second kappa shape index (κ2) is 6.76. The van der Waals surface area contributed by atoms with E-state index in [9.17, 15) is 10.1 Å². The molecular formula is C18H16ClN5O2. The molecule has 0 radical (unpaired) electrons. The molecule has 1 aliphatic heterocycles. The summed E-state index contributed by atoms with van der Waals surface area (Å²) in [5.41, 5.74) is 2.00. The van der Waals surface area contributed by atoms with Crippen LogP contribution in [0.1, 0.15) is 0 Å². The summed E-state index contributed by atoms with van der Waals surface area (Å²) in [7, 11) is 0. The molecule has 0 atom stereocenters. The first-order chi connectivity index (χ1) is 12.6.